The number of ether oxygens (including phenoxy) is 2. The summed E-state index contributed by atoms with van der Waals surface area (Å²) in [4.78, 5) is 22.9. The molecule has 0 saturated carbocycles. The second kappa shape index (κ2) is 9.39. The van der Waals surface area contributed by atoms with Crippen molar-refractivity contribution in [2.45, 2.75) is 25.4 Å². The van der Waals surface area contributed by atoms with Crippen LogP contribution in [0, 0.1) is 0 Å². The Bertz CT molecular complexity index is 969. The molecule has 0 atom stereocenters. The molecular weight excluding hydrogens is 378 g/mol. The van der Waals surface area contributed by atoms with E-state index in [1.807, 2.05) is 59.5 Å². The minimum atomic E-state index is 0.0815. The molecule has 1 aliphatic rings. The van der Waals surface area contributed by atoms with Gasteiger partial charge in [-0.25, -0.2) is 9.97 Å². The van der Waals surface area contributed by atoms with Crippen LogP contribution >= 0.6 is 0 Å². The number of rotatable bonds is 6. The van der Waals surface area contributed by atoms with Gasteiger partial charge in [-0.15, -0.1) is 0 Å². The van der Waals surface area contributed by atoms with Crippen molar-refractivity contribution in [2.75, 3.05) is 20.2 Å². The standard InChI is InChI=1S/C24H25N3O3/c1-29-19-8-6-18(7-9-19)16-24(28)27-14-11-20(12-15-27)30-23-5-3-2-4-21(23)22-10-13-25-17-26-22/h2-10,13,17,20H,11-12,14-16H2,1H3. The van der Waals surface area contributed by atoms with Crippen LogP contribution in [0.3, 0.4) is 0 Å². The molecule has 2 aromatic carbocycles. The van der Waals surface area contributed by atoms with Crippen molar-refractivity contribution in [3.8, 4) is 22.8 Å². The number of nitrogens with zero attached hydrogens (tertiary/aromatic N) is 3. The molecule has 154 valence electrons. The summed E-state index contributed by atoms with van der Waals surface area (Å²) in [6.45, 7) is 1.41. The summed E-state index contributed by atoms with van der Waals surface area (Å²) in [5, 5.41) is 0. The highest BCUT2D eigenvalue weighted by Gasteiger charge is 2.24. The Morgan fingerprint density at radius 1 is 1.07 bits per heavy atom. The maximum Gasteiger partial charge on any atom is 0.226 e. The van der Waals surface area contributed by atoms with Gasteiger partial charge in [0.25, 0.3) is 0 Å². The number of amides is 1. The Hall–Kier alpha value is -3.41. The van der Waals surface area contributed by atoms with E-state index in [1.165, 1.54) is 0 Å². The zero-order chi connectivity index (χ0) is 20.8. The van der Waals surface area contributed by atoms with Crippen molar-refractivity contribution in [2.24, 2.45) is 0 Å². The van der Waals surface area contributed by atoms with Gasteiger partial charge in [0, 0.05) is 37.7 Å². The summed E-state index contributed by atoms with van der Waals surface area (Å²) >= 11 is 0. The Morgan fingerprint density at radius 2 is 1.83 bits per heavy atom. The molecule has 1 aliphatic heterocycles. The van der Waals surface area contributed by atoms with Crippen molar-refractivity contribution in [3.05, 3.63) is 72.7 Å². The van der Waals surface area contributed by atoms with Gasteiger partial charge in [-0.05, 0) is 35.9 Å². The number of carbonyl (C=O) groups excluding carboxylic acids is 1. The predicted octanol–water partition coefficient (Wildman–Crippen LogP) is 3.76. The molecule has 6 heteroatoms. The van der Waals surface area contributed by atoms with E-state index in [0.29, 0.717) is 19.5 Å². The Balaban J connectivity index is 1.33. The quantitative estimate of drug-likeness (QED) is 0.627. The fourth-order valence-electron chi connectivity index (χ4n) is 3.66. The lowest BCUT2D eigenvalue weighted by atomic mass is 10.0. The summed E-state index contributed by atoms with van der Waals surface area (Å²) in [6, 6.07) is 17.5. The number of hydrogen-bond donors (Lipinski definition) is 0. The SMILES string of the molecule is COc1ccc(CC(=O)N2CCC(Oc3ccccc3-c3ccncn3)CC2)cc1. The molecule has 6 nitrogen and oxygen atoms in total. The number of methoxy groups -OCH3 is 1. The number of benzene rings is 2. The average Bonchev–Trinajstić information content (AvgIpc) is 2.81. The van der Waals surface area contributed by atoms with Crippen molar-refractivity contribution in [3.63, 3.8) is 0 Å². The molecular formula is C24H25N3O3. The molecule has 1 aromatic heterocycles. The largest absolute Gasteiger partial charge is 0.497 e. The summed E-state index contributed by atoms with van der Waals surface area (Å²) in [5.74, 6) is 1.77. The molecule has 0 N–H and O–H groups in total. The number of carbonyl (C=O) groups is 1. The van der Waals surface area contributed by atoms with Gasteiger partial charge < -0.3 is 14.4 Å². The third-order valence-corrected chi connectivity index (χ3v) is 5.35. The molecule has 30 heavy (non-hydrogen) atoms. The van der Waals surface area contributed by atoms with Gasteiger partial charge in [-0.1, -0.05) is 24.3 Å². The Kier molecular flexibility index (Phi) is 6.23. The highest BCUT2D eigenvalue weighted by atomic mass is 16.5. The highest BCUT2D eigenvalue weighted by molar-refractivity contribution is 5.79. The van der Waals surface area contributed by atoms with Crippen molar-refractivity contribution < 1.29 is 14.3 Å². The van der Waals surface area contributed by atoms with Gasteiger partial charge in [-0.2, -0.15) is 0 Å². The van der Waals surface area contributed by atoms with E-state index >= 15 is 0 Å². The maximum atomic E-state index is 12.7. The molecule has 0 bridgehead atoms. The number of piperidine rings is 1. The van der Waals surface area contributed by atoms with E-state index < -0.39 is 0 Å². The Labute approximate surface area is 176 Å². The number of hydrogen-bond acceptors (Lipinski definition) is 5. The fraction of sp³-hybridized carbons (Fsp3) is 0.292. The molecule has 0 radical (unpaired) electrons. The van der Waals surface area contributed by atoms with Crippen LogP contribution in [0.4, 0.5) is 0 Å². The predicted molar refractivity (Wildman–Crippen MR) is 114 cm³/mol. The highest BCUT2D eigenvalue weighted by Crippen LogP contribution is 2.30. The minimum absolute atomic E-state index is 0.0815. The summed E-state index contributed by atoms with van der Waals surface area (Å²) < 4.78 is 11.5. The number of aromatic nitrogens is 2. The van der Waals surface area contributed by atoms with Crippen LogP contribution in [0.1, 0.15) is 18.4 Å². The van der Waals surface area contributed by atoms with E-state index in [9.17, 15) is 4.79 Å². The first-order valence-corrected chi connectivity index (χ1v) is 10.2. The summed E-state index contributed by atoms with van der Waals surface area (Å²) in [5.41, 5.74) is 2.79. The third-order valence-electron chi connectivity index (χ3n) is 5.35. The van der Waals surface area contributed by atoms with E-state index in [2.05, 4.69) is 9.97 Å². The maximum absolute atomic E-state index is 12.7. The van der Waals surface area contributed by atoms with E-state index in [4.69, 9.17) is 9.47 Å². The molecule has 1 fully saturated rings. The normalized spacial score (nSPS) is 14.4. The van der Waals surface area contributed by atoms with Crippen molar-refractivity contribution >= 4 is 5.91 Å². The van der Waals surface area contributed by atoms with Gasteiger partial charge in [0.05, 0.1) is 19.2 Å². The van der Waals surface area contributed by atoms with Gasteiger partial charge in [0.2, 0.25) is 5.91 Å². The zero-order valence-corrected chi connectivity index (χ0v) is 17.0. The van der Waals surface area contributed by atoms with Crippen LogP contribution < -0.4 is 9.47 Å². The first-order valence-electron chi connectivity index (χ1n) is 10.2. The van der Waals surface area contributed by atoms with E-state index in [-0.39, 0.29) is 12.0 Å². The molecule has 0 spiro atoms. The third kappa shape index (κ3) is 4.76. The first kappa shape index (κ1) is 19.9. The van der Waals surface area contributed by atoms with Gasteiger partial charge in [-0.3, -0.25) is 4.79 Å². The molecule has 0 aliphatic carbocycles. The van der Waals surface area contributed by atoms with E-state index in [0.717, 1.165) is 41.2 Å². The van der Waals surface area contributed by atoms with Gasteiger partial charge in [0.15, 0.2) is 0 Å². The van der Waals surface area contributed by atoms with Gasteiger partial charge in [0.1, 0.15) is 23.9 Å². The molecule has 1 amide bonds. The second-order valence-electron chi connectivity index (χ2n) is 7.31. The molecule has 1 saturated heterocycles. The molecule has 3 aromatic rings. The van der Waals surface area contributed by atoms with Gasteiger partial charge >= 0.3 is 0 Å². The fourth-order valence-corrected chi connectivity index (χ4v) is 3.66. The second-order valence-corrected chi connectivity index (χ2v) is 7.31. The van der Waals surface area contributed by atoms with Crippen LogP contribution in [0.25, 0.3) is 11.3 Å². The summed E-state index contributed by atoms with van der Waals surface area (Å²) in [7, 11) is 1.64. The monoisotopic (exact) mass is 403 g/mol. The molecule has 4 rings (SSSR count). The van der Waals surface area contributed by atoms with Crippen LogP contribution in [-0.4, -0.2) is 47.1 Å². The van der Waals surface area contributed by atoms with Crippen LogP contribution in [-0.2, 0) is 11.2 Å². The lowest BCUT2D eigenvalue weighted by Gasteiger charge is -2.32. The van der Waals surface area contributed by atoms with Crippen molar-refractivity contribution in [1.82, 2.24) is 14.9 Å². The van der Waals surface area contributed by atoms with Crippen LogP contribution in [0.15, 0.2) is 67.1 Å². The number of likely N-dealkylation sites (tertiary alicyclic amines) is 1. The average molecular weight is 403 g/mol. The lowest BCUT2D eigenvalue weighted by molar-refractivity contribution is -0.132. The minimum Gasteiger partial charge on any atom is -0.497 e. The first-order chi connectivity index (χ1) is 14.7. The van der Waals surface area contributed by atoms with Crippen LogP contribution in [0.2, 0.25) is 0 Å². The summed E-state index contributed by atoms with van der Waals surface area (Å²) in [6.07, 6.45) is 5.38. The lowest BCUT2D eigenvalue weighted by Crippen LogP contribution is -2.42. The number of para-hydroxylation sites is 1. The van der Waals surface area contributed by atoms with Crippen molar-refractivity contribution in [1.29, 1.82) is 0 Å². The molecule has 0 unspecified atom stereocenters. The zero-order valence-electron chi connectivity index (χ0n) is 17.0. The van der Waals surface area contributed by atoms with Crippen LogP contribution in [0.5, 0.6) is 11.5 Å². The molecule has 2 heterocycles. The van der Waals surface area contributed by atoms with E-state index in [1.54, 1.807) is 19.6 Å². The topological polar surface area (TPSA) is 64.5 Å². The Morgan fingerprint density at radius 3 is 2.53 bits per heavy atom. The smallest absolute Gasteiger partial charge is 0.226 e.